The molecule has 1 aromatic rings. The monoisotopic (exact) mass is 273 g/mol. The lowest BCUT2D eigenvalue weighted by molar-refractivity contribution is 0.164. The van der Waals surface area contributed by atoms with E-state index >= 15 is 0 Å². The molecule has 0 saturated carbocycles. The number of benzene rings is 1. The molecule has 0 amide bonds. The quantitative estimate of drug-likeness (QED) is 0.635. The first-order valence-electron chi connectivity index (χ1n) is 6.49. The summed E-state index contributed by atoms with van der Waals surface area (Å²) in [6.07, 6.45) is 0.512. The first-order chi connectivity index (χ1) is 9.06. The van der Waals surface area contributed by atoms with Crippen LogP contribution in [0.15, 0.2) is 18.2 Å². The topological polar surface area (TPSA) is 52.5 Å². The number of nitrogens with one attached hydrogen (secondary N) is 1. The van der Waals surface area contributed by atoms with Crippen molar-refractivity contribution in [2.75, 3.05) is 19.7 Å². The summed E-state index contributed by atoms with van der Waals surface area (Å²) in [6.45, 7) is 2.84. The van der Waals surface area contributed by atoms with E-state index in [1.807, 2.05) is 6.92 Å². The lowest BCUT2D eigenvalue weighted by Crippen LogP contribution is -2.24. The van der Waals surface area contributed by atoms with Crippen LogP contribution in [0.1, 0.15) is 31.4 Å². The molecule has 1 rings (SSSR count). The Kier molecular flexibility index (Phi) is 6.91. The Bertz CT molecular complexity index is 367. The molecule has 0 radical (unpaired) electrons. The van der Waals surface area contributed by atoms with Gasteiger partial charge in [-0.15, -0.1) is 0 Å². The predicted molar refractivity (Wildman–Crippen MR) is 69.7 cm³/mol. The fourth-order valence-corrected chi connectivity index (χ4v) is 1.84. The van der Waals surface area contributed by atoms with Crippen LogP contribution in [0.3, 0.4) is 0 Å². The zero-order valence-corrected chi connectivity index (χ0v) is 11.1. The molecular weight excluding hydrogens is 252 g/mol. The molecule has 19 heavy (non-hydrogen) atoms. The average Bonchev–Trinajstić information content (AvgIpc) is 2.37. The van der Waals surface area contributed by atoms with Crippen molar-refractivity contribution in [2.24, 2.45) is 5.92 Å². The Labute approximate surface area is 112 Å². The summed E-state index contributed by atoms with van der Waals surface area (Å²) >= 11 is 0. The van der Waals surface area contributed by atoms with Crippen molar-refractivity contribution in [2.45, 2.75) is 25.9 Å². The minimum Gasteiger partial charge on any atom is -0.396 e. The van der Waals surface area contributed by atoms with E-state index in [4.69, 9.17) is 5.11 Å². The summed E-state index contributed by atoms with van der Waals surface area (Å²) in [5.74, 6) is -1.22. The highest BCUT2D eigenvalue weighted by Gasteiger charge is 2.16. The highest BCUT2D eigenvalue weighted by atomic mass is 19.1. The van der Waals surface area contributed by atoms with Gasteiger partial charge < -0.3 is 15.5 Å². The normalized spacial score (nSPS) is 14.4. The molecule has 3 nitrogen and oxygen atoms in total. The molecule has 5 heteroatoms. The minimum atomic E-state index is -1.20. The first-order valence-corrected chi connectivity index (χ1v) is 6.49. The van der Waals surface area contributed by atoms with Crippen LogP contribution >= 0.6 is 0 Å². The van der Waals surface area contributed by atoms with E-state index in [1.165, 1.54) is 6.07 Å². The highest BCUT2D eigenvalue weighted by Crippen LogP contribution is 2.19. The second kappa shape index (κ2) is 8.19. The van der Waals surface area contributed by atoms with Crippen molar-refractivity contribution in [3.63, 3.8) is 0 Å². The SMILES string of the molecule is CC(CO)CCCNCC(O)c1c(F)cccc1F. The molecule has 0 spiro atoms. The van der Waals surface area contributed by atoms with E-state index < -0.39 is 17.7 Å². The van der Waals surface area contributed by atoms with Gasteiger partial charge in [0, 0.05) is 13.2 Å². The summed E-state index contributed by atoms with van der Waals surface area (Å²) < 4.78 is 26.7. The Morgan fingerprint density at radius 3 is 2.47 bits per heavy atom. The van der Waals surface area contributed by atoms with E-state index in [0.29, 0.717) is 6.54 Å². The van der Waals surface area contributed by atoms with Crippen LogP contribution in [0.4, 0.5) is 8.78 Å². The van der Waals surface area contributed by atoms with E-state index in [2.05, 4.69) is 5.32 Å². The van der Waals surface area contributed by atoms with Gasteiger partial charge in [-0.2, -0.15) is 0 Å². The van der Waals surface area contributed by atoms with Gasteiger partial charge in [0.15, 0.2) is 0 Å². The summed E-state index contributed by atoms with van der Waals surface area (Å²) in [5.41, 5.74) is -0.293. The summed E-state index contributed by atoms with van der Waals surface area (Å²) in [5, 5.41) is 21.6. The molecule has 0 bridgehead atoms. The van der Waals surface area contributed by atoms with Crippen LogP contribution in [0.5, 0.6) is 0 Å². The van der Waals surface area contributed by atoms with Crippen LogP contribution in [0, 0.1) is 17.6 Å². The maximum Gasteiger partial charge on any atom is 0.131 e. The van der Waals surface area contributed by atoms with Crippen molar-refractivity contribution in [1.82, 2.24) is 5.32 Å². The minimum absolute atomic E-state index is 0.103. The number of hydrogen-bond donors (Lipinski definition) is 3. The summed E-state index contributed by atoms with van der Waals surface area (Å²) in [6, 6.07) is 3.53. The van der Waals surface area contributed by atoms with Crippen molar-refractivity contribution in [3.05, 3.63) is 35.4 Å². The zero-order chi connectivity index (χ0) is 14.3. The fraction of sp³-hybridized carbons (Fsp3) is 0.571. The standard InChI is InChI=1S/C14H21F2NO2/c1-10(9-18)4-3-7-17-8-13(19)14-11(15)5-2-6-12(14)16/h2,5-6,10,13,17-19H,3-4,7-9H2,1H3. The predicted octanol–water partition coefficient (Wildman–Crippen LogP) is 2.00. The molecule has 0 saturated heterocycles. The maximum absolute atomic E-state index is 13.4. The van der Waals surface area contributed by atoms with Gasteiger partial charge in [-0.05, 0) is 37.4 Å². The smallest absolute Gasteiger partial charge is 0.131 e. The third kappa shape index (κ3) is 5.22. The Hall–Kier alpha value is -1.04. The molecule has 1 aromatic carbocycles. The largest absolute Gasteiger partial charge is 0.396 e. The van der Waals surface area contributed by atoms with Gasteiger partial charge in [0.05, 0.1) is 11.7 Å². The Balaban J connectivity index is 2.33. The number of hydrogen-bond acceptors (Lipinski definition) is 3. The summed E-state index contributed by atoms with van der Waals surface area (Å²) in [7, 11) is 0. The molecule has 108 valence electrons. The number of aliphatic hydroxyl groups excluding tert-OH is 2. The molecular formula is C14H21F2NO2. The van der Waals surface area contributed by atoms with Gasteiger partial charge in [-0.3, -0.25) is 0 Å². The summed E-state index contributed by atoms with van der Waals surface area (Å²) in [4.78, 5) is 0. The van der Waals surface area contributed by atoms with Crippen LogP contribution < -0.4 is 5.32 Å². The van der Waals surface area contributed by atoms with Crippen molar-refractivity contribution < 1.29 is 19.0 Å². The third-order valence-electron chi connectivity index (χ3n) is 3.03. The van der Waals surface area contributed by atoms with Gasteiger partial charge >= 0.3 is 0 Å². The molecule has 0 aliphatic heterocycles. The van der Waals surface area contributed by atoms with Crippen LogP contribution in [0.2, 0.25) is 0 Å². The van der Waals surface area contributed by atoms with Crippen LogP contribution in [-0.4, -0.2) is 29.9 Å². The van der Waals surface area contributed by atoms with E-state index in [1.54, 1.807) is 0 Å². The average molecular weight is 273 g/mol. The third-order valence-corrected chi connectivity index (χ3v) is 3.03. The number of halogens is 2. The van der Waals surface area contributed by atoms with Crippen molar-refractivity contribution in [3.8, 4) is 0 Å². The number of aliphatic hydroxyl groups is 2. The molecule has 0 aliphatic carbocycles. The van der Waals surface area contributed by atoms with Crippen molar-refractivity contribution in [1.29, 1.82) is 0 Å². The zero-order valence-electron chi connectivity index (χ0n) is 11.1. The Morgan fingerprint density at radius 1 is 1.26 bits per heavy atom. The molecule has 3 N–H and O–H groups in total. The van der Waals surface area contributed by atoms with Gasteiger partial charge in [0.25, 0.3) is 0 Å². The lowest BCUT2D eigenvalue weighted by Gasteiger charge is -2.14. The van der Waals surface area contributed by atoms with Gasteiger partial charge in [0.1, 0.15) is 11.6 Å². The molecule has 2 atom stereocenters. The van der Waals surface area contributed by atoms with Crippen molar-refractivity contribution >= 4 is 0 Å². The highest BCUT2D eigenvalue weighted by molar-refractivity contribution is 5.22. The van der Waals surface area contributed by atoms with E-state index in [9.17, 15) is 13.9 Å². The second-order valence-electron chi connectivity index (χ2n) is 4.79. The molecule has 0 fully saturated rings. The molecule has 0 aromatic heterocycles. The van der Waals surface area contributed by atoms with E-state index in [-0.39, 0.29) is 24.6 Å². The second-order valence-corrected chi connectivity index (χ2v) is 4.79. The van der Waals surface area contributed by atoms with Gasteiger partial charge in [-0.25, -0.2) is 8.78 Å². The van der Waals surface area contributed by atoms with Gasteiger partial charge in [0.2, 0.25) is 0 Å². The number of rotatable bonds is 8. The van der Waals surface area contributed by atoms with Crippen LogP contribution in [-0.2, 0) is 0 Å². The lowest BCUT2D eigenvalue weighted by atomic mass is 10.1. The van der Waals surface area contributed by atoms with Crippen LogP contribution in [0.25, 0.3) is 0 Å². The van der Waals surface area contributed by atoms with Gasteiger partial charge in [-0.1, -0.05) is 13.0 Å². The molecule has 0 aliphatic rings. The fourth-order valence-electron chi connectivity index (χ4n) is 1.84. The maximum atomic E-state index is 13.4. The molecule has 0 heterocycles. The Morgan fingerprint density at radius 2 is 1.89 bits per heavy atom. The van der Waals surface area contributed by atoms with E-state index in [0.717, 1.165) is 25.0 Å². The first kappa shape index (κ1) is 16.0. The molecule has 2 unspecified atom stereocenters.